The summed E-state index contributed by atoms with van der Waals surface area (Å²) in [6, 6.07) is 31.9. The largest absolute Gasteiger partial charge is 0.147 e. The molecular weight excluding hydrogens is 515 g/mol. The van der Waals surface area contributed by atoms with Crippen molar-refractivity contribution in [1.82, 2.24) is 0 Å². The summed E-state index contributed by atoms with van der Waals surface area (Å²) in [5.74, 6) is 0. The van der Waals surface area contributed by atoms with Crippen LogP contribution in [0.25, 0.3) is 6.08 Å². The van der Waals surface area contributed by atoms with Crippen LogP contribution in [0.4, 0.5) is 0 Å². The van der Waals surface area contributed by atoms with E-state index < -0.39 is 25.8 Å². The maximum absolute atomic E-state index is 2.55. The number of hydrogen-bond donors (Lipinski definition) is 0. The first-order chi connectivity index (χ1) is 14.3. The van der Waals surface area contributed by atoms with Crippen molar-refractivity contribution in [2.75, 3.05) is 0 Å². The van der Waals surface area contributed by atoms with Gasteiger partial charge in [-0.1, -0.05) is 0 Å². The average Bonchev–Trinajstić information content (AvgIpc) is 3.39. The van der Waals surface area contributed by atoms with E-state index in [0.717, 1.165) is 0 Å². The summed E-state index contributed by atoms with van der Waals surface area (Å²) in [5, 5.41) is 3.17. The van der Waals surface area contributed by atoms with Gasteiger partial charge in [-0.25, -0.2) is 0 Å². The van der Waals surface area contributed by atoms with E-state index in [1.54, 1.807) is 21.5 Å². The maximum atomic E-state index is 2.55. The molecule has 0 amide bonds. The Morgan fingerprint density at radius 1 is 0.742 bits per heavy atom. The van der Waals surface area contributed by atoms with Crippen LogP contribution in [-0.2, 0) is 20.4 Å². The van der Waals surface area contributed by atoms with Crippen molar-refractivity contribution >= 4 is 46.7 Å². The zero-order chi connectivity index (χ0) is 19.6. The Morgan fingerprint density at radius 2 is 1.32 bits per heavy atom. The van der Waals surface area contributed by atoms with Gasteiger partial charge in [0.15, 0.2) is 0 Å². The fourth-order valence-corrected chi connectivity index (χ4v) is 27.2. The van der Waals surface area contributed by atoms with Crippen LogP contribution in [0.1, 0.15) is 28.1 Å². The summed E-state index contributed by atoms with van der Waals surface area (Å²) in [4.78, 5) is 0. The topological polar surface area (TPSA) is 0 Å². The van der Waals surface area contributed by atoms with Crippen LogP contribution in [0.15, 0.2) is 112 Å². The molecule has 0 nitrogen and oxygen atoms in total. The molecule has 1 unspecified atom stereocenters. The van der Waals surface area contributed by atoms with Gasteiger partial charge in [-0.15, -0.1) is 24.8 Å². The Kier molecular flexibility index (Phi) is 8.53. The predicted molar refractivity (Wildman–Crippen MR) is 137 cm³/mol. The number of rotatable bonds is 4. The average molecular weight is 541 g/mol. The molecule has 0 saturated carbocycles. The molecule has 0 N–H and O–H groups in total. The minimum absolute atomic E-state index is 0. The SMILES string of the molecule is CC1=[C]([Zr]([CH]2C=Cc3ccccc32)=[Si](c2ccccc2)c2ccccc2)CC=C1.Cl.Cl. The van der Waals surface area contributed by atoms with E-state index in [9.17, 15) is 0 Å². The summed E-state index contributed by atoms with van der Waals surface area (Å²) < 4.78 is 2.45. The van der Waals surface area contributed by atoms with Crippen molar-refractivity contribution in [1.29, 1.82) is 0 Å². The molecule has 5 rings (SSSR count). The molecule has 156 valence electrons. The summed E-state index contributed by atoms with van der Waals surface area (Å²) in [6.07, 6.45) is 10.9. The van der Waals surface area contributed by atoms with Crippen LogP contribution in [0.5, 0.6) is 0 Å². The molecule has 2 aliphatic rings. The van der Waals surface area contributed by atoms with Gasteiger partial charge in [0.1, 0.15) is 0 Å². The Bertz CT molecular complexity index is 1140. The second-order valence-electron chi connectivity index (χ2n) is 7.75. The first-order valence-electron chi connectivity index (χ1n) is 10.3. The van der Waals surface area contributed by atoms with Gasteiger partial charge in [-0.3, -0.25) is 0 Å². The molecule has 0 fully saturated rings. The van der Waals surface area contributed by atoms with Crippen LogP contribution in [-0.4, -0.2) is 5.43 Å². The third kappa shape index (κ3) is 4.83. The first-order valence-corrected chi connectivity index (χ1v) is 18.2. The van der Waals surface area contributed by atoms with Crippen molar-refractivity contribution < 1.29 is 20.4 Å². The van der Waals surface area contributed by atoms with E-state index >= 15 is 0 Å². The molecule has 1 atom stereocenters. The zero-order valence-corrected chi connectivity index (χ0v) is 22.6. The molecule has 31 heavy (non-hydrogen) atoms. The van der Waals surface area contributed by atoms with Gasteiger partial charge < -0.3 is 0 Å². The van der Waals surface area contributed by atoms with E-state index in [4.69, 9.17) is 0 Å². The number of halogens is 2. The Hall–Kier alpha value is -1.44. The van der Waals surface area contributed by atoms with Gasteiger partial charge >= 0.3 is 182 Å². The van der Waals surface area contributed by atoms with Crippen LogP contribution in [0, 0.1) is 0 Å². The van der Waals surface area contributed by atoms with Crippen LogP contribution in [0.2, 0.25) is 0 Å². The fourth-order valence-electron chi connectivity index (χ4n) is 4.62. The fraction of sp³-hybridized carbons (Fsp3) is 0.111. The van der Waals surface area contributed by atoms with Gasteiger partial charge in [0.05, 0.1) is 0 Å². The van der Waals surface area contributed by atoms with E-state index in [1.165, 1.54) is 12.0 Å². The van der Waals surface area contributed by atoms with E-state index in [-0.39, 0.29) is 24.8 Å². The zero-order valence-electron chi connectivity index (χ0n) is 17.5. The van der Waals surface area contributed by atoms with Gasteiger partial charge in [0, 0.05) is 0 Å². The molecule has 0 radical (unpaired) electrons. The number of fused-ring (bicyclic) bond motifs is 1. The van der Waals surface area contributed by atoms with Crippen molar-refractivity contribution in [2.24, 2.45) is 0 Å². The monoisotopic (exact) mass is 538 g/mol. The number of benzene rings is 3. The molecule has 3 aromatic rings. The number of hydrogen-bond acceptors (Lipinski definition) is 0. The molecule has 3 aromatic carbocycles. The quantitative estimate of drug-likeness (QED) is 0.343. The first kappa shape index (κ1) is 24.2. The molecule has 0 heterocycles. The summed E-state index contributed by atoms with van der Waals surface area (Å²) >= 11 is -2.15. The molecular formula is C27H26Cl2SiZr. The molecule has 2 aliphatic carbocycles. The molecule has 4 heteroatoms. The van der Waals surface area contributed by atoms with Gasteiger partial charge in [-0.05, 0) is 0 Å². The molecule has 0 spiro atoms. The maximum Gasteiger partial charge on any atom is -0.147 e. The normalized spacial score (nSPS) is 15.8. The van der Waals surface area contributed by atoms with E-state index in [0.29, 0.717) is 3.63 Å². The van der Waals surface area contributed by atoms with Crippen molar-refractivity contribution in [3.63, 3.8) is 0 Å². The second kappa shape index (κ2) is 10.9. The van der Waals surface area contributed by atoms with Crippen LogP contribution in [0.3, 0.4) is 0 Å². The molecule has 0 saturated heterocycles. The minimum atomic E-state index is -2.15. The standard InChI is InChI=1S/C12H10Si.C9H7.C6H7.2ClH.Zr/c1-3-7-11(8-4-1)13-12-9-5-2-6-10-12;1-2-5-9-7-3-6-8(9)4-1;1-6-4-2-3-5-6;;;/h1-10H;1-7H;2,4H,3H2,1H3;2*1H;. The molecule has 0 aromatic heterocycles. The molecule has 0 bridgehead atoms. The number of allylic oxidation sites excluding steroid dienone is 5. The summed E-state index contributed by atoms with van der Waals surface area (Å²) in [7, 11) is 0. The van der Waals surface area contributed by atoms with E-state index in [2.05, 4.69) is 116 Å². The third-order valence-corrected chi connectivity index (χ3v) is 26.0. The minimum Gasteiger partial charge on any atom is -0.147 e. The molecule has 0 aliphatic heterocycles. The summed E-state index contributed by atoms with van der Waals surface area (Å²) in [6.45, 7) is 2.35. The van der Waals surface area contributed by atoms with Gasteiger partial charge in [0.25, 0.3) is 0 Å². The van der Waals surface area contributed by atoms with Crippen LogP contribution >= 0.6 is 24.8 Å². The Morgan fingerprint density at radius 3 is 1.90 bits per heavy atom. The van der Waals surface area contributed by atoms with Crippen molar-refractivity contribution in [3.8, 4) is 0 Å². The van der Waals surface area contributed by atoms with Gasteiger partial charge in [-0.2, -0.15) is 0 Å². The Labute approximate surface area is 205 Å². The third-order valence-electron chi connectivity index (χ3n) is 6.00. The van der Waals surface area contributed by atoms with Crippen molar-refractivity contribution in [2.45, 2.75) is 17.0 Å². The predicted octanol–water partition coefficient (Wildman–Crippen LogP) is 6.26. The summed E-state index contributed by atoms with van der Waals surface area (Å²) in [5.41, 5.74) is 3.72. The second-order valence-corrected chi connectivity index (χ2v) is 21.6. The Balaban J connectivity index is 0.00000136. The smallest absolute Gasteiger partial charge is 0.147 e. The van der Waals surface area contributed by atoms with Gasteiger partial charge in [0.2, 0.25) is 0 Å². The van der Waals surface area contributed by atoms with Crippen LogP contribution < -0.4 is 10.4 Å². The van der Waals surface area contributed by atoms with E-state index in [1.807, 2.05) is 3.28 Å². The van der Waals surface area contributed by atoms with Crippen molar-refractivity contribution in [3.05, 3.63) is 123 Å².